The highest BCUT2D eigenvalue weighted by Gasteiger charge is 2.17. The van der Waals surface area contributed by atoms with Crippen molar-refractivity contribution >= 4 is 5.97 Å². The molecule has 0 radical (unpaired) electrons. The van der Waals surface area contributed by atoms with Crippen molar-refractivity contribution in [3.63, 3.8) is 0 Å². The van der Waals surface area contributed by atoms with E-state index in [1.54, 1.807) is 0 Å². The molecule has 0 saturated carbocycles. The van der Waals surface area contributed by atoms with E-state index in [1.807, 2.05) is 6.07 Å². The average molecular weight is 349 g/mol. The number of rotatable bonds is 4. The van der Waals surface area contributed by atoms with Crippen LogP contribution < -0.4 is 4.74 Å². The highest BCUT2D eigenvalue weighted by atomic mass is 16.5. The summed E-state index contributed by atoms with van der Waals surface area (Å²) in [6, 6.07) is 6.14. The zero-order chi connectivity index (χ0) is 17.9. The predicted molar refractivity (Wildman–Crippen MR) is 96.1 cm³/mol. The Bertz CT molecular complexity index is 888. The van der Waals surface area contributed by atoms with Crippen LogP contribution in [0.3, 0.4) is 0 Å². The normalized spacial score (nSPS) is 15.4. The van der Waals surface area contributed by atoms with E-state index in [4.69, 9.17) is 4.74 Å². The van der Waals surface area contributed by atoms with E-state index < -0.39 is 5.97 Å². The van der Waals surface area contributed by atoms with Gasteiger partial charge in [-0.05, 0) is 48.3 Å². The van der Waals surface area contributed by atoms with Gasteiger partial charge in [0.1, 0.15) is 5.75 Å². The maximum absolute atomic E-state index is 11.4. The molecule has 0 spiro atoms. The lowest BCUT2D eigenvalue weighted by molar-refractivity contribution is 0.0593. The van der Waals surface area contributed by atoms with Gasteiger partial charge in [0, 0.05) is 18.8 Å². The van der Waals surface area contributed by atoms with Gasteiger partial charge in [0.05, 0.1) is 19.5 Å². The Morgan fingerprint density at radius 2 is 1.92 bits per heavy atom. The van der Waals surface area contributed by atoms with Gasteiger partial charge in [-0.1, -0.05) is 12.1 Å². The van der Waals surface area contributed by atoms with Crippen molar-refractivity contribution in [1.82, 2.24) is 14.9 Å². The van der Waals surface area contributed by atoms with Crippen LogP contribution in [0.15, 0.2) is 54.5 Å². The molecule has 1 aromatic heterocycles. The van der Waals surface area contributed by atoms with E-state index in [-0.39, 0.29) is 5.69 Å². The molecule has 1 aromatic carbocycles. The molecule has 0 fully saturated rings. The second-order valence-electron chi connectivity index (χ2n) is 6.20. The van der Waals surface area contributed by atoms with Crippen LogP contribution in [-0.4, -0.2) is 41.0 Å². The fourth-order valence-corrected chi connectivity index (χ4v) is 3.12. The van der Waals surface area contributed by atoms with Gasteiger partial charge >= 0.3 is 5.97 Å². The zero-order valence-corrected chi connectivity index (χ0v) is 14.5. The summed E-state index contributed by atoms with van der Waals surface area (Å²) >= 11 is 0. The van der Waals surface area contributed by atoms with Crippen LogP contribution >= 0.6 is 0 Å². The van der Waals surface area contributed by atoms with Crippen LogP contribution in [-0.2, 0) is 17.6 Å². The number of fused-ring (bicyclic) bond motifs is 1. The molecule has 26 heavy (non-hydrogen) atoms. The topological polar surface area (TPSA) is 64.6 Å². The summed E-state index contributed by atoms with van der Waals surface area (Å²) in [6.07, 6.45) is 11.2. The molecule has 0 unspecified atom stereocenters. The van der Waals surface area contributed by atoms with E-state index in [2.05, 4.69) is 50.0 Å². The van der Waals surface area contributed by atoms with E-state index in [0.29, 0.717) is 5.88 Å². The maximum Gasteiger partial charge on any atom is 0.358 e. The molecule has 0 bridgehead atoms. The highest BCUT2D eigenvalue weighted by molar-refractivity contribution is 5.86. The van der Waals surface area contributed by atoms with Gasteiger partial charge in [0.15, 0.2) is 5.69 Å². The third-order valence-corrected chi connectivity index (χ3v) is 4.62. The van der Waals surface area contributed by atoms with Crippen molar-refractivity contribution in [3.8, 4) is 11.6 Å². The molecule has 2 heterocycles. The Balaban J connectivity index is 1.46. The first kappa shape index (κ1) is 16.3. The predicted octanol–water partition coefficient (Wildman–Crippen LogP) is 2.91. The molecule has 6 nitrogen and oxygen atoms in total. The Morgan fingerprint density at radius 1 is 1.12 bits per heavy atom. The molecule has 6 heteroatoms. The average Bonchev–Trinajstić information content (AvgIpc) is 2.83. The molecule has 2 aromatic rings. The largest absolute Gasteiger partial charge is 0.464 e. The molecular formula is C20H19N3O3. The summed E-state index contributed by atoms with van der Waals surface area (Å²) in [5.74, 6) is 0.549. The molecule has 2 aliphatic rings. The minimum Gasteiger partial charge on any atom is -0.464 e. The zero-order valence-electron chi connectivity index (χ0n) is 14.5. The van der Waals surface area contributed by atoms with Crippen LogP contribution in [0.2, 0.25) is 0 Å². The third-order valence-electron chi connectivity index (χ3n) is 4.62. The minimum atomic E-state index is -0.518. The van der Waals surface area contributed by atoms with Crippen LogP contribution in [0.5, 0.6) is 11.6 Å². The Morgan fingerprint density at radius 3 is 2.58 bits per heavy atom. The summed E-state index contributed by atoms with van der Waals surface area (Å²) in [5.41, 5.74) is 4.13. The molecule has 0 amide bonds. The molecule has 1 aliphatic heterocycles. The summed E-state index contributed by atoms with van der Waals surface area (Å²) in [7, 11) is 1.31. The lowest BCUT2D eigenvalue weighted by atomic mass is 10.0. The number of nitrogens with zero attached hydrogens (tertiary/aromatic N) is 3. The molecule has 132 valence electrons. The lowest BCUT2D eigenvalue weighted by Gasteiger charge is -2.26. The number of carbonyl (C=O) groups is 1. The first-order chi connectivity index (χ1) is 12.7. The molecular weight excluding hydrogens is 330 g/mol. The summed E-state index contributed by atoms with van der Waals surface area (Å²) in [6.45, 7) is 2.03. The molecule has 4 rings (SSSR count). The van der Waals surface area contributed by atoms with Gasteiger partial charge in [-0.25, -0.2) is 14.8 Å². The number of hydrogen-bond donors (Lipinski definition) is 0. The summed E-state index contributed by atoms with van der Waals surface area (Å²) in [4.78, 5) is 21.9. The molecule has 0 saturated heterocycles. The van der Waals surface area contributed by atoms with Crippen molar-refractivity contribution in [3.05, 3.63) is 71.3 Å². The van der Waals surface area contributed by atoms with Crippen LogP contribution in [0.4, 0.5) is 0 Å². The summed E-state index contributed by atoms with van der Waals surface area (Å²) in [5, 5.41) is 0. The standard InChI is InChI=1S/C20H19N3O3/c1-25-20(24)18-12-22-19(13-21-18)26-17-6-5-14-7-9-23(16-3-2-4-16)10-8-15(14)11-17/h2-6,11-13H,7-10H2,1H3. The van der Waals surface area contributed by atoms with Gasteiger partial charge < -0.3 is 14.4 Å². The van der Waals surface area contributed by atoms with E-state index in [0.717, 1.165) is 31.7 Å². The smallest absolute Gasteiger partial charge is 0.358 e. The van der Waals surface area contributed by atoms with E-state index >= 15 is 0 Å². The van der Waals surface area contributed by atoms with Crippen molar-refractivity contribution < 1.29 is 14.3 Å². The highest BCUT2D eigenvalue weighted by Crippen LogP contribution is 2.26. The molecule has 0 atom stereocenters. The van der Waals surface area contributed by atoms with Crippen molar-refractivity contribution in [1.29, 1.82) is 0 Å². The molecule has 1 aliphatic carbocycles. The number of carbonyl (C=O) groups excluding carboxylic acids is 1. The second kappa shape index (κ2) is 7.00. The van der Waals surface area contributed by atoms with Crippen LogP contribution in [0.1, 0.15) is 21.6 Å². The summed E-state index contributed by atoms with van der Waals surface area (Å²) < 4.78 is 10.4. The number of allylic oxidation sites excluding steroid dienone is 3. The number of ether oxygens (including phenoxy) is 2. The van der Waals surface area contributed by atoms with Gasteiger partial charge in [-0.2, -0.15) is 0 Å². The van der Waals surface area contributed by atoms with Crippen molar-refractivity contribution in [2.24, 2.45) is 0 Å². The van der Waals surface area contributed by atoms with Gasteiger partial charge in [0.25, 0.3) is 0 Å². The van der Waals surface area contributed by atoms with Crippen LogP contribution in [0, 0.1) is 0 Å². The Labute approximate surface area is 151 Å². The van der Waals surface area contributed by atoms with Crippen LogP contribution in [0.25, 0.3) is 0 Å². The number of aromatic nitrogens is 2. The fraction of sp³-hybridized carbons (Fsp3) is 0.250. The first-order valence-corrected chi connectivity index (χ1v) is 8.56. The first-order valence-electron chi connectivity index (χ1n) is 8.56. The van der Waals surface area contributed by atoms with E-state index in [1.165, 1.54) is 36.3 Å². The minimum absolute atomic E-state index is 0.154. The van der Waals surface area contributed by atoms with Gasteiger partial charge in [0.2, 0.25) is 5.88 Å². The lowest BCUT2D eigenvalue weighted by Crippen LogP contribution is -2.26. The monoisotopic (exact) mass is 349 g/mol. The maximum atomic E-state index is 11.4. The quantitative estimate of drug-likeness (QED) is 0.791. The number of methoxy groups -OCH3 is 1. The number of hydrogen-bond acceptors (Lipinski definition) is 6. The van der Waals surface area contributed by atoms with Crippen molar-refractivity contribution in [2.75, 3.05) is 20.2 Å². The second-order valence-corrected chi connectivity index (χ2v) is 6.20. The van der Waals surface area contributed by atoms with Gasteiger partial charge in [-0.3, -0.25) is 0 Å². The van der Waals surface area contributed by atoms with Crippen molar-refractivity contribution in [2.45, 2.75) is 12.8 Å². The fourth-order valence-electron chi connectivity index (χ4n) is 3.12. The van der Waals surface area contributed by atoms with Gasteiger partial charge in [-0.15, -0.1) is 0 Å². The Hall–Kier alpha value is -3.15. The SMILES string of the molecule is COC(=O)c1cnc(Oc2ccc3c(c2)CCN(C2=CC=C2)CC3)cn1. The molecule has 0 N–H and O–H groups in total. The van der Waals surface area contributed by atoms with E-state index in [9.17, 15) is 4.79 Å². The Kier molecular flexibility index (Phi) is 4.39. The number of esters is 1. The third kappa shape index (κ3) is 3.31. The number of benzene rings is 1.